The van der Waals surface area contributed by atoms with Crippen LogP contribution in [0, 0.1) is 0 Å². The third-order valence-corrected chi connectivity index (χ3v) is 4.68. The topological polar surface area (TPSA) is 58.2 Å². The van der Waals surface area contributed by atoms with E-state index in [1.165, 1.54) is 24.8 Å². The van der Waals surface area contributed by atoms with Crippen LogP contribution < -0.4 is 10.3 Å². The maximum Gasteiger partial charge on any atom is 0.431 e. The van der Waals surface area contributed by atoms with E-state index in [-0.39, 0.29) is 37.1 Å². The Labute approximate surface area is 185 Å². The first-order valence-electron chi connectivity index (χ1n) is 9.52. The van der Waals surface area contributed by atoms with Crippen LogP contribution in [-0.4, -0.2) is 34.6 Å². The second-order valence-electron chi connectivity index (χ2n) is 7.01. The monoisotopic (exact) mass is 467 g/mol. The van der Waals surface area contributed by atoms with Crippen LogP contribution in [0.25, 0.3) is 0 Å². The highest BCUT2D eigenvalue weighted by Crippen LogP contribution is 2.26. The fourth-order valence-electron chi connectivity index (χ4n) is 3.32. The molecule has 1 N–H and O–H groups in total. The lowest BCUT2D eigenvalue weighted by Gasteiger charge is -2.26. The van der Waals surface area contributed by atoms with Gasteiger partial charge in [-0.3, -0.25) is 9.69 Å². The third kappa shape index (κ3) is 8.16. The minimum atomic E-state index is -4.60. The van der Waals surface area contributed by atoms with Crippen LogP contribution in [0.4, 0.5) is 13.2 Å². The minimum absolute atomic E-state index is 0. The molecule has 0 unspecified atom stereocenters. The van der Waals surface area contributed by atoms with E-state index in [2.05, 4.69) is 20.9 Å². The van der Waals surface area contributed by atoms with Gasteiger partial charge in [0.2, 0.25) is 0 Å². The van der Waals surface area contributed by atoms with Gasteiger partial charge in [0, 0.05) is 19.0 Å². The molecule has 1 fully saturated rings. The SMILES string of the molecule is Cl.Cl.O=c1cc(C(F)(F)F)[nH]c(CCCOc2cccc(CN3CCCCC3)c2)n1. The Morgan fingerprint density at radius 2 is 1.83 bits per heavy atom. The molecule has 0 radical (unpaired) electrons. The molecule has 0 aliphatic carbocycles. The summed E-state index contributed by atoms with van der Waals surface area (Å²) in [6.45, 7) is 3.46. The highest BCUT2D eigenvalue weighted by molar-refractivity contribution is 5.85. The number of likely N-dealkylation sites (tertiary alicyclic amines) is 1. The highest BCUT2D eigenvalue weighted by Gasteiger charge is 2.32. The molecule has 10 heteroatoms. The van der Waals surface area contributed by atoms with Crippen molar-refractivity contribution >= 4 is 24.8 Å². The zero-order chi connectivity index (χ0) is 20.0. The number of hydrogen-bond acceptors (Lipinski definition) is 4. The highest BCUT2D eigenvalue weighted by atomic mass is 35.5. The van der Waals surface area contributed by atoms with Gasteiger partial charge in [-0.1, -0.05) is 18.6 Å². The van der Waals surface area contributed by atoms with Crippen molar-refractivity contribution in [2.24, 2.45) is 0 Å². The first kappa shape index (κ1) is 26.3. The van der Waals surface area contributed by atoms with Gasteiger partial charge in [0.25, 0.3) is 5.56 Å². The van der Waals surface area contributed by atoms with Crippen molar-refractivity contribution in [3.8, 4) is 5.75 Å². The molecule has 0 spiro atoms. The Hall–Kier alpha value is -1.77. The van der Waals surface area contributed by atoms with E-state index in [9.17, 15) is 18.0 Å². The Kier molecular flexibility index (Phi) is 10.7. The molecule has 2 aromatic rings. The second-order valence-corrected chi connectivity index (χ2v) is 7.01. The molecule has 1 aromatic carbocycles. The zero-order valence-corrected chi connectivity index (χ0v) is 18.0. The summed E-state index contributed by atoms with van der Waals surface area (Å²) in [5.41, 5.74) is -0.787. The minimum Gasteiger partial charge on any atom is -0.494 e. The number of benzene rings is 1. The Bertz CT molecular complexity index is 841. The van der Waals surface area contributed by atoms with Crippen molar-refractivity contribution in [2.75, 3.05) is 19.7 Å². The second kappa shape index (κ2) is 12.2. The van der Waals surface area contributed by atoms with Crippen LogP contribution in [0.2, 0.25) is 0 Å². The maximum atomic E-state index is 12.7. The van der Waals surface area contributed by atoms with E-state index in [0.717, 1.165) is 25.4 Å². The predicted molar refractivity (Wildman–Crippen MR) is 114 cm³/mol. The summed E-state index contributed by atoms with van der Waals surface area (Å²) < 4.78 is 43.9. The molecule has 1 aliphatic heterocycles. The van der Waals surface area contributed by atoms with Crippen LogP contribution in [0.5, 0.6) is 5.75 Å². The third-order valence-electron chi connectivity index (χ3n) is 4.68. The van der Waals surface area contributed by atoms with Crippen LogP contribution in [-0.2, 0) is 19.1 Å². The number of hydrogen-bond donors (Lipinski definition) is 1. The number of ether oxygens (including phenoxy) is 1. The molecule has 168 valence electrons. The van der Waals surface area contributed by atoms with Gasteiger partial charge in [-0.05, 0) is 50.0 Å². The van der Waals surface area contributed by atoms with Gasteiger partial charge >= 0.3 is 6.18 Å². The summed E-state index contributed by atoms with van der Waals surface area (Å²) in [7, 11) is 0. The maximum absolute atomic E-state index is 12.7. The molecule has 5 nitrogen and oxygen atoms in total. The molecular formula is C20H26Cl2F3N3O2. The lowest BCUT2D eigenvalue weighted by molar-refractivity contribution is -0.141. The van der Waals surface area contributed by atoms with E-state index in [0.29, 0.717) is 19.1 Å². The van der Waals surface area contributed by atoms with Gasteiger partial charge in [0.1, 0.15) is 17.3 Å². The summed E-state index contributed by atoms with van der Waals surface area (Å²) >= 11 is 0. The summed E-state index contributed by atoms with van der Waals surface area (Å²) in [4.78, 5) is 19.6. The van der Waals surface area contributed by atoms with E-state index >= 15 is 0 Å². The molecule has 30 heavy (non-hydrogen) atoms. The quantitative estimate of drug-likeness (QED) is 0.603. The van der Waals surface area contributed by atoms with Crippen LogP contribution in [0.3, 0.4) is 0 Å². The predicted octanol–water partition coefficient (Wildman–Crippen LogP) is 4.63. The van der Waals surface area contributed by atoms with Gasteiger partial charge in [-0.2, -0.15) is 18.2 Å². The lowest BCUT2D eigenvalue weighted by Crippen LogP contribution is -2.29. The fraction of sp³-hybridized carbons (Fsp3) is 0.500. The molecule has 0 saturated carbocycles. The number of H-pyrrole nitrogens is 1. The largest absolute Gasteiger partial charge is 0.494 e. The Morgan fingerprint density at radius 1 is 1.10 bits per heavy atom. The average Bonchev–Trinajstić information content (AvgIpc) is 2.65. The Balaban J connectivity index is 0.00000225. The number of rotatable bonds is 7. The smallest absolute Gasteiger partial charge is 0.431 e. The number of nitrogens with one attached hydrogen (secondary N) is 1. The lowest BCUT2D eigenvalue weighted by atomic mass is 10.1. The molecule has 2 heterocycles. The van der Waals surface area contributed by atoms with Crippen LogP contribution in [0.1, 0.15) is 42.8 Å². The fourth-order valence-corrected chi connectivity index (χ4v) is 3.32. The molecule has 0 atom stereocenters. The van der Waals surface area contributed by atoms with Crippen LogP contribution in [0.15, 0.2) is 35.1 Å². The van der Waals surface area contributed by atoms with Gasteiger partial charge in [-0.15, -0.1) is 24.8 Å². The number of aryl methyl sites for hydroxylation is 1. The van der Waals surface area contributed by atoms with Crippen molar-refractivity contribution in [1.29, 1.82) is 0 Å². The number of aromatic amines is 1. The first-order valence-corrected chi connectivity index (χ1v) is 9.52. The van der Waals surface area contributed by atoms with Crippen molar-refractivity contribution in [3.63, 3.8) is 0 Å². The average molecular weight is 468 g/mol. The number of aromatic nitrogens is 2. The van der Waals surface area contributed by atoms with Gasteiger partial charge in [-0.25, -0.2) is 0 Å². The van der Waals surface area contributed by atoms with E-state index in [1.807, 2.05) is 18.2 Å². The van der Waals surface area contributed by atoms with E-state index < -0.39 is 17.4 Å². The standard InChI is InChI=1S/C20H24F3N3O2.2ClH/c21-20(22,23)17-13-19(27)25-18(24-17)8-5-11-28-16-7-4-6-15(12-16)14-26-9-2-1-3-10-26;;/h4,6-7,12-13H,1-3,5,8-11,14H2,(H,24,25,27);2*1H. The van der Waals surface area contributed by atoms with Crippen molar-refractivity contribution in [1.82, 2.24) is 14.9 Å². The molecule has 3 rings (SSSR count). The summed E-state index contributed by atoms with van der Waals surface area (Å²) in [6, 6.07) is 8.34. The van der Waals surface area contributed by atoms with E-state index in [4.69, 9.17) is 4.74 Å². The number of halogens is 5. The van der Waals surface area contributed by atoms with Gasteiger partial charge < -0.3 is 9.72 Å². The van der Waals surface area contributed by atoms with Crippen LogP contribution >= 0.6 is 24.8 Å². The number of alkyl halides is 3. The molecule has 0 bridgehead atoms. The van der Waals surface area contributed by atoms with Gasteiger partial charge in [0.15, 0.2) is 0 Å². The van der Waals surface area contributed by atoms with Crippen molar-refractivity contribution < 1.29 is 17.9 Å². The molecular weight excluding hydrogens is 442 g/mol. The Morgan fingerprint density at radius 3 is 2.53 bits per heavy atom. The summed E-state index contributed by atoms with van der Waals surface area (Å²) in [6.07, 6.45) is -0.176. The van der Waals surface area contributed by atoms with Crippen molar-refractivity contribution in [3.05, 3.63) is 57.8 Å². The first-order chi connectivity index (χ1) is 13.4. The summed E-state index contributed by atoms with van der Waals surface area (Å²) in [5, 5.41) is 0. The zero-order valence-electron chi connectivity index (χ0n) is 16.4. The van der Waals surface area contributed by atoms with Gasteiger partial charge in [0.05, 0.1) is 6.61 Å². The molecule has 1 saturated heterocycles. The normalized spacial score (nSPS) is 14.5. The molecule has 1 aromatic heterocycles. The molecule has 1 aliphatic rings. The summed E-state index contributed by atoms with van der Waals surface area (Å²) in [5.74, 6) is 0.752. The molecule has 0 amide bonds. The van der Waals surface area contributed by atoms with Crippen molar-refractivity contribution in [2.45, 2.75) is 44.8 Å². The van der Waals surface area contributed by atoms with E-state index in [1.54, 1.807) is 0 Å². The number of nitrogens with zero attached hydrogens (tertiary/aromatic N) is 2. The number of piperidine rings is 1.